The normalized spacial score (nSPS) is 17.6. The van der Waals surface area contributed by atoms with Gasteiger partial charge in [-0.1, -0.05) is 0 Å². The quantitative estimate of drug-likeness (QED) is 0.868. The summed E-state index contributed by atoms with van der Waals surface area (Å²) in [4.78, 5) is 17.1. The Labute approximate surface area is 113 Å². The van der Waals surface area contributed by atoms with Crippen molar-refractivity contribution in [1.82, 2.24) is 19.5 Å². The Bertz CT molecular complexity index is 669. The van der Waals surface area contributed by atoms with Gasteiger partial charge in [0.2, 0.25) is 0 Å². The number of hydrogen-bond acceptors (Lipinski definition) is 3. The highest BCUT2D eigenvalue weighted by molar-refractivity contribution is 5.89. The number of likely N-dealkylation sites (tertiary alicyclic amines) is 1. The molecule has 0 spiro atoms. The van der Waals surface area contributed by atoms with Gasteiger partial charge in [-0.3, -0.25) is 0 Å². The molecule has 0 saturated carbocycles. The number of nitrogens with one attached hydrogen (secondary N) is 1. The molecule has 1 N–H and O–H groups in total. The minimum atomic E-state index is -2.79. The van der Waals surface area contributed by atoms with Crippen LogP contribution in [0.2, 0.25) is 0 Å². The lowest BCUT2D eigenvalue weighted by Gasteiger charge is -2.16. The van der Waals surface area contributed by atoms with Gasteiger partial charge in [0, 0.05) is 13.0 Å². The Morgan fingerprint density at radius 2 is 2.25 bits per heavy atom. The topological polar surface area (TPSA) is 62.5 Å². The Morgan fingerprint density at radius 1 is 1.45 bits per heavy atom. The van der Waals surface area contributed by atoms with E-state index in [0.717, 1.165) is 4.90 Å². The molecule has 1 fully saturated rings. The minimum Gasteiger partial charge on any atom is -0.318 e. The highest BCUT2D eigenvalue weighted by Gasteiger charge is 2.40. The third-order valence-corrected chi connectivity index (χ3v) is 3.15. The Hall–Kier alpha value is -2.25. The van der Waals surface area contributed by atoms with Crippen LogP contribution in [-0.2, 0) is 0 Å². The van der Waals surface area contributed by atoms with Crippen LogP contribution in [0.5, 0.6) is 0 Å². The SMILES string of the molecule is Cc1nc2ccc(NC(=O)N3CCC(F)(F)C3)cn2n1. The van der Waals surface area contributed by atoms with E-state index in [0.29, 0.717) is 17.2 Å². The van der Waals surface area contributed by atoms with Crippen molar-refractivity contribution >= 4 is 17.4 Å². The highest BCUT2D eigenvalue weighted by atomic mass is 19.3. The molecule has 2 amide bonds. The van der Waals surface area contributed by atoms with Crippen molar-refractivity contribution < 1.29 is 13.6 Å². The number of alkyl halides is 2. The third-order valence-electron chi connectivity index (χ3n) is 3.15. The predicted octanol–water partition coefficient (Wildman–Crippen LogP) is 1.91. The zero-order chi connectivity index (χ0) is 14.3. The largest absolute Gasteiger partial charge is 0.322 e. The second-order valence-corrected chi connectivity index (χ2v) is 4.84. The van der Waals surface area contributed by atoms with Gasteiger partial charge in [0.05, 0.1) is 18.4 Å². The lowest BCUT2D eigenvalue weighted by Crippen LogP contribution is -2.34. The second-order valence-electron chi connectivity index (χ2n) is 4.84. The smallest absolute Gasteiger partial charge is 0.318 e. The summed E-state index contributed by atoms with van der Waals surface area (Å²) in [5.41, 5.74) is 1.15. The van der Waals surface area contributed by atoms with Crippen molar-refractivity contribution in [1.29, 1.82) is 0 Å². The molecule has 3 rings (SSSR count). The number of fused-ring (bicyclic) bond motifs is 1. The lowest BCUT2D eigenvalue weighted by atomic mass is 10.3. The fourth-order valence-corrected chi connectivity index (χ4v) is 2.18. The summed E-state index contributed by atoms with van der Waals surface area (Å²) < 4.78 is 27.7. The third kappa shape index (κ3) is 2.40. The van der Waals surface area contributed by atoms with Crippen molar-refractivity contribution in [2.75, 3.05) is 18.4 Å². The van der Waals surface area contributed by atoms with E-state index in [2.05, 4.69) is 15.4 Å². The molecule has 0 bridgehead atoms. The minimum absolute atomic E-state index is 0.0590. The van der Waals surface area contributed by atoms with Crippen molar-refractivity contribution in [3.8, 4) is 0 Å². The number of carbonyl (C=O) groups is 1. The van der Waals surface area contributed by atoms with Crippen molar-refractivity contribution in [3.63, 3.8) is 0 Å². The highest BCUT2D eigenvalue weighted by Crippen LogP contribution is 2.27. The zero-order valence-electron chi connectivity index (χ0n) is 10.8. The fraction of sp³-hybridized carbons (Fsp3) is 0.417. The summed E-state index contributed by atoms with van der Waals surface area (Å²) in [7, 11) is 0. The number of anilines is 1. The molecule has 0 unspecified atom stereocenters. The van der Waals surface area contributed by atoms with Crippen LogP contribution in [0.4, 0.5) is 19.3 Å². The number of aromatic nitrogens is 3. The average Bonchev–Trinajstić information content (AvgIpc) is 2.90. The van der Waals surface area contributed by atoms with E-state index < -0.39 is 18.5 Å². The molecule has 3 heterocycles. The molecule has 1 aliphatic heterocycles. The molecule has 8 heteroatoms. The molecular formula is C12H13F2N5O. The van der Waals surface area contributed by atoms with Crippen LogP contribution >= 0.6 is 0 Å². The molecule has 2 aromatic heterocycles. The van der Waals surface area contributed by atoms with Crippen LogP contribution < -0.4 is 5.32 Å². The molecule has 6 nitrogen and oxygen atoms in total. The van der Waals surface area contributed by atoms with Gasteiger partial charge in [0.25, 0.3) is 5.92 Å². The fourth-order valence-electron chi connectivity index (χ4n) is 2.18. The first-order valence-corrected chi connectivity index (χ1v) is 6.20. The summed E-state index contributed by atoms with van der Waals surface area (Å²) >= 11 is 0. The number of hydrogen-bond donors (Lipinski definition) is 1. The zero-order valence-corrected chi connectivity index (χ0v) is 10.8. The predicted molar refractivity (Wildman–Crippen MR) is 67.9 cm³/mol. The van der Waals surface area contributed by atoms with Crippen LogP contribution in [0.15, 0.2) is 18.3 Å². The molecule has 0 aromatic carbocycles. The van der Waals surface area contributed by atoms with E-state index in [4.69, 9.17) is 0 Å². The molecule has 106 valence electrons. The van der Waals surface area contributed by atoms with Gasteiger partial charge in [0.15, 0.2) is 5.65 Å². The number of pyridine rings is 1. The number of carbonyl (C=O) groups excluding carboxylic acids is 1. The Kier molecular flexibility index (Phi) is 2.81. The molecular weight excluding hydrogens is 268 g/mol. The Morgan fingerprint density at radius 3 is 2.95 bits per heavy atom. The van der Waals surface area contributed by atoms with Crippen LogP contribution in [-0.4, -0.2) is 44.5 Å². The maximum atomic E-state index is 13.1. The number of amides is 2. The van der Waals surface area contributed by atoms with Gasteiger partial charge in [-0.05, 0) is 19.1 Å². The second kappa shape index (κ2) is 4.39. The molecule has 0 aliphatic carbocycles. The van der Waals surface area contributed by atoms with Gasteiger partial charge in [0.1, 0.15) is 5.82 Å². The Balaban J connectivity index is 1.74. The first-order chi connectivity index (χ1) is 9.43. The van der Waals surface area contributed by atoms with Gasteiger partial charge >= 0.3 is 6.03 Å². The maximum absolute atomic E-state index is 13.1. The number of urea groups is 1. The summed E-state index contributed by atoms with van der Waals surface area (Å²) in [5.74, 6) is -2.17. The van der Waals surface area contributed by atoms with E-state index in [1.807, 2.05) is 0 Å². The lowest BCUT2D eigenvalue weighted by molar-refractivity contribution is 0.0159. The number of rotatable bonds is 1. The van der Waals surface area contributed by atoms with E-state index in [-0.39, 0.29) is 13.0 Å². The van der Waals surface area contributed by atoms with Crippen LogP contribution in [0.1, 0.15) is 12.2 Å². The van der Waals surface area contributed by atoms with Crippen molar-refractivity contribution in [2.45, 2.75) is 19.3 Å². The van der Waals surface area contributed by atoms with E-state index in [1.54, 1.807) is 25.3 Å². The summed E-state index contributed by atoms with van der Waals surface area (Å²) in [6.07, 6.45) is 1.31. The van der Waals surface area contributed by atoms with E-state index in [9.17, 15) is 13.6 Å². The standard InChI is InChI=1S/C12H13F2N5O/c1-8-15-10-3-2-9(6-19(10)17-8)16-11(20)18-5-4-12(13,14)7-18/h2-3,6H,4-5,7H2,1H3,(H,16,20). The van der Waals surface area contributed by atoms with Gasteiger partial charge < -0.3 is 10.2 Å². The molecule has 1 saturated heterocycles. The molecule has 2 aromatic rings. The molecule has 0 atom stereocenters. The average molecular weight is 281 g/mol. The van der Waals surface area contributed by atoms with E-state index >= 15 is 0 Å². The van der Waals surface area contributed by atoms with Crippen LogP contribution in [0.25, 0.3) is 5.65 Å². The first kappa shape index (κ1) is 12.8. The van der Waals surface area contributed by atoms with Crippen molar-refractivity contribution in [3.05, 3.63) is 24.2 Å². The monoisotopic (exact) mass is 281 g/mol. The van der Waals surface area contributed by atoms with E-state index in [1.165, 1.54) is 4.52 Å². The van der Waals surface area contributed by atoms with Crippen LogP contribution in [0, 0.1) is 6.92 Å². The molecule has 0 radical (unpaired) electrons. The summed E-state index contributed by atoms with van der Waals surface area (Å²) in [6.45, 7) is 1.28. The van der Waals surface area contributed by atoms with Gasteiger partial charge in [-0.15, -0.1) is 0 Å². The molecule has 1 aliphatic rings. The summed E-state index contributed by atoms with van der Waals surface area (Å²) in [5, 5.41) is 6.71. The van der Waals surface area contributed by atoms with Gasteiger partial charge in [-0.2, -0.15) is 5.10 Å². The first-order valence-electron chi connectivity index (χ1n) is 6.20. The van der Waals surface area contributed by atoms with Crippen molar-refractivity contribution in [2.24, 2.45) is 0 Å². The number of nitrogens with zero attached hydrogens (tertiary/aromatic N) is 4. The summed E-state index contributed by atoms with van der Waals surface area (Å²) in [6, 6.07) is 2.84. The van der Waals surface area contributed by atoms with Gasteiger partial charge in [-0.25, -0.2) is 23.1 Å². The maximum Gasteiger partial charge on any atom is 0.322 e. The number of aryl methyl sites for hydroxylation is 1. The molecule has 20 heavy (non-hydrogen) atoms. The number of halogens is 2. The van der Waals surface area contributed by atoms with Crippen LogP contribution in [0.3, 0.4) is 0 Å².